The fraction of sp³-hybridized carbons (Fsp3) is 0.909. The van der Waals surface area contributed by atoms with Crippen molar-refractivity contribution in [3.63, 3.8) is 0 Å². The van der Waals surface area contributed by atoms with Crippen LogP contribution < -0.4 is 5.32 Å². The van der Waals surface area contributed by atoms with E-state index in [1.54, 1.807) is 0 Å². The second-order valence-electron chi connectivity index (χ2n) is 5.53. The van der Waals surface area contributed by atoms with E-state index < -0.39 is 0 Å². The van der Waals surface area contributed by atoms with Crippen LogP contribution in [0.3, 0.4) is 0 Å². The molecule has 2 aliphatic rings. The Morgan fingerprint density at radius 3 is 2.36 bits per heavy atom. The van der Waals surface area contributed by atoms with Crippen molar-refractivity contribution in [1.82, 2.24) is 5.32 Å². The lowest BCUT2D eigenvalue weighted by Gasteiger charge is -2.41. The Labute approximate surface area is 84.9 Å². The molecule has 0 heterocycles. The van der Waals surface area contributed by atoms with E-state index in [1.165, 1.54) is 0 Å². The lowest BCUT2D eigenvalue weighted by Crippen LogP contribution is -2.56. The first-order valence-electron chi connectivity index (χ1n) is 5.42. The largest absolute Gasteiger partial charge is 0.394 e. The van der Waals surface area contributed by atoms with Crippen molar-refractivity contribution in [3.8, 4) is 0 Å². The van der Waals surface area contributed by atoms with Crippen LogP contribution in [0.2, 0.25) is 0 Å². The molecule has 0 aromatic heterocycles. The topological polar surface area (TPSA) is 49.3 Å². The molecule has 2 aliphatic carbocycles. The van der Waals surface area contributed by atoms with Crippen LogP contribution in [-0.2, 0) is 4.79 Å². The minimum atomic E-state index is -0.268. The predicted octanol–water partition coefficient (Wildman–Crippen LogP) is 1.06. The molecule has 2 saturated carbocycles. The third kappa shape index (κ3) is 1.54. The third-order valence-corrected chi connectivity index (χ3v) is 3.83. The first-order valence-corrected chi connectivity index (χ1v) is 5.42. The Balaban J connectivity index is 1.89. The van der Waals surface area contributed by atoms with Gasteiger partial charge in [0.1, 0.15) is 0 Å². The van der Waals surface area contributed by atoms with E-state index in [-0.39, 0.29) is 29.4 Å². The van der Waals surface area contributed by atoms with Crippen molar-refractivity contribution < 1.29 is 9.90 Å². The molecule has 3 heteroatoms. The smallest absolute Gasteiger partial charge is 0.224 e. The van der Waals surface area contributed by atoms with E-state index in [1.807, 2.05) is 0 Å². The number of aliphatic hydroxyl groups excluding tert-OH is 1. The standard InChI is InChI=1S/C11H19NO2/c1-10(2)6-8(10)9(14)12-11(7-13)4-3-5-11/h8,13H,3-7H2,1-2H3,(H,12,14). The van der Waals surface area contributed by atoms with E-state index in [0.717, 1.165) is 25.7 Å². The molecule has 0 aliphatic heterocycles. The highest BCUT2D eigenvalue weighted by atomic mass is 16.3. The Morgan fingerprint density at radius 2 is 2.07 bits per heavy atom. The molecule has 1 amide bonds. The van der Waals surface area contributed by atoms with Gasteiger partial charge in [-0.25, -0.2) is 0 Å². The average molecular weight is 197 g/mol. The van der Waals surface area contributed by atoms with Crippen molar-refractivity contribution in [1.29, 1.82) is 0 Å². The van der Waals surface area contributed by atoms with Gasteiger partial charge in [-0.2, -0.15) is 0 Å². The molecule has 0 radical (unpaired) electrons. The highest BCUT2D eigenvalue weighted by molar-refractivity contribution is 5.83. The van der Waals surface area contributed by atoms with Gasteiger partial charge in [0.25, 0.3) is 0 Å². The molecule has 1 unspecified atom stereocenters. The first-order chi connectivity index (χ1) is 6.49. The van der Waals surface area contributed by atoms with Gasteiger partial charge in [0.2, 0.25) is 5.91 Å². The first kappa shape index (κ1) is 9.97. The lowest BCUT2D eigenvalue weighted by atomic mass is 9.77. The van der Waals surface area contributed by atoms with E-state index in [0.29, 0.717) is 0 Å². The molecule has 2 rings (SSSR count). The summed E-state index contributed by atoms with van der Waals surface area (Å²) in [5.41, 5.74) is -0.0831. The Hall–Kier alpha value is -0.570. The molecule has 3 nitrogen and oxygen atoms in total. The summed E-state index contributed by atoms with van der Waals surface area (Å²) in [6, 6.07) is 0. The Morgan fingerprint density at radius 1 is 1.50 bits per heavy atom. The SMILES string of the molecule is CC1(C)CC1C(=O)NC1(CO)CCC1. The lowest BCUT2D eigenvalue weighted by molar-refractivity contribution is -0.127. The zero-order chi connectivity index (χ0) is 10.4. The van der Waals surface area contributed by atoms with Gasteiger partial charge in [-0.1, -0.05) is 13.8 Å². The average Bonchev–Trinajstić information content (AvgIpc) is 2.68. The van der Waals surface area contributed by atoms with Crippen LogP contribution in [0.25, 0.3) is 0 Å². The Bertz CT molecular complexity index is 251. The van der Waals surface area contributed by atoms with Gasteiger partial charge in [0.05, 0.1) is 12.1 Å². The molecule has 0 aromatic carbocycles. The highest BCUT2D eigenvalue weighted by Crippen LogP contribution is 2.52. The zero-order valence-corrected chi connectivity index (χ0v) is 8.97. The number of rotatable bonds is 3. The molecule has 0 bridgehead atoms. The van der Waals surface area contributed by atoms with E-state index >= 15 is 0 Å². The molecule has 1 atom stereocenters. The van der Waals surface area contributed by atoms with Crippen molar-refractivity contribution in [2.24, 2.45) is 11.3 Å². The maximum absolute atomic E-state index is 11.8. The molecule has 14 heavy (non-hydrogen) atoms. The number of carbonyl (C=O) groups is 1. The minimum absolute atomic E-state index is 0.0892. The minimum Gasteiger partial charge on any atom is -0.394 e. The van der Waals surface area contributed by atoms with E-state index in [4.69, 9.17) is 0 Å². The quantitative estimate of drug-likeness (QED) is 0.711. The number of amides is 1. The molecular weight excluding hydrogens is 178 g/mol. The summed E-state index contributed by atoms with van der Waals surface area (Å²) in [5, 5.41) is 12.2. The molecule has 0 saturated heterocycles. The molecule has 0 spiro atoms. The van der Waals surface area contributed by atoms with Crippen LogP contribution in [0.1, 0.15) is 39.5 Å². The summed E-state index contributed by atoms with van der Waals surface area (Å²) in [7, 11) is 0. The molecular formula is C11H19NO2. The third-order valence-electron chi connectivity index (χ3n) is 3.83. The Kier molecular flexibility index (Phi) is 2.11. The van der Waals surface area contributed by atoms with Crippen LogP contribution in [0.5, 0.6) is 0 Å². The summed E-state index contributed by atoms with van der Waals surface area (Å²) in [6.07, 6.45) is 3.97. The van der Waals surface area contributed by atoms with Gasteiger partial charge in [-0.3, -0.25) is 4.79 Å². The fourth-order valence-corrected chi connectivity index (χ4v) is 2.19. The molecule has 80 valence electrons. The molecule has 2 N–H and O–H groups in total. The second-order valence-corrected chi connectivity index (χ2v) is 5.53. The van der Waals surface area contributed by atoms with Crippen molar-refractivity contribution in [2.45, 2.75) is 45.1 Å². The van der Waals surface area contributed by atoms with Crippen LogP contribution in [0.15, 0.2) is 0 Å². The number of carbonyl (C=O) groups excluding carboxylic acids is 1. The zero-order valence-electron chi connectivity index (χ0n) is 8.97. The number of aliphatic hydroxyl groups is 1. The maximum Gasteiger partial charge on any atom is 0.224 e. The summed E-state index contributed by atoms with van der Waals surface area (Å²) in [4.78, 5) is 11.8. The summed E-state index contributed by atoms with van der Waals surface area (Å²) >= 11 is 0. The monoisotopic (exact) mass is 197 g/mol. The van der Waals surface area contributed by atoms with Crippen LogP contribution in [0, 0.1) is 11.3 Å². The maximum atomic E-state index is 11.8. The van der Waals surface area contributed by atoms with Gasteiger partial charge in [0.15, 0.2) is 0 Å². The van der Waals surface area contributed by atoms with Crippen LogP contribution in [-0.4, -0.2) is 23.2 Å². The number of nitrogens with one attached hydrogen (secondary N) is 1. The van der Waals surface area contributed by atoms with Gasteiger partial charge in [0, 0.05) is 5.92 Å². The fourth-order valence-electron chi connectivity index (χ4n) is 2.19. The van der Waals surface area contributed by atoms with Crippen molar-refractivity contribution in [2.75, 3.05) is 6.61 Å². The summed E-state index contributed by atoms with van der Waals surface area (Å²) in [6.45, 7) is 4.32. The number of hydrogen-bond donors (Lipinski definition) is 2. The summed E-state index contributed by atoms with van der Waals surface area (Å²) in [5.74, 6) is 0.315. The number of hydrogen-bond acceptors (Lipinski definition) is 2. The van der Waals surface area contributed by atoms with Gasteiger partial charge >= 0.3 is 0 Å². The van der Waals surface area contributed by atoms with Gasteiger partial charge < -0.3 is 10.4 Å². The van der Waals surface area contributed by atoms with Crippen molar-refractivity contribution >= 4 is 5.91 Å². The molecule has 0 aromatic rings. The van der Waals surface area contributed by atoms with Crippen LogP contribution >= 0.6 is 0 Å². The van der Waals surface area contributed by atoms with Crippen molar-refractivity contribution in [3.05, 3.63) is 0 Å². The second kappa shape index (κ2) is 2.96. The van der Waals surface area contributed by atoms with E-state index in [9.17, 15) is 9.90 Å². The van der Waals surface area contributed by atoms with E-state index in [2.05, 4.69) is 19.2 Å². The van der Waals surface area contributed by atoms with Gasteiger partial charge in [-0.15, -0.1) is 0 Å². The normalized spacial score (nSPS) is 31.8. The van der Waals surface area contributed by atoms with Gasteiger partial charge in [-0.05, 0) is 31.1 Å². The van der Waals surface area contributed by atoms with Crippen LogP contribution in [0.4, 0.5) is 0 Å². The predicted molar refractivity (Wildman–Crippen MR) is 53.7 cm³/mol. The highest BCUT2D eigenvalue weighted by Gasteiger charge is 2.52. The molecule has 2 fully saturated rings. The summed E-state index contributed by atoms with van der Waals surface area (Å²) < 4.78 is 0.